The molecule has 27 heavy (non-hydrogen) atoms. The minimum atomic E-state index is -0.363. The molecule has 2 aromatic rings. The van der Waals surface area contributed by atoms with Gasteiger partial charge in [-0.05, 0) is 34.6 Å². The number of rotatable bonds is 4. The Morgan fingerprint density at radius 2 is 2.22 bits per heavy atom. The minimum Gasteiger partial charge on any atom is -0.310 e. The number of aromatic nitrogens is 1. The Balaban J connectivity index is 1.43. The van der Waals surface area contributed by atoms with Crippen LogP contribution in [0.15, 0.2) is 28.7 Å². The van der Waals surface area contributed by atoms with Crippen molar-refractivity contribution in [3.8, 4) is 0 Å². The number of anilines is 2. The van der Waals surface area contributed by atoms with E-state index in [1.807, 2.05) is 24.3 Å². The summed E-state index contributed by atoms with van der Waals surface area (Å²) in [6.45, 7) is 5.48. The first kappa shape index (κ1) is 18.6. The van der Waals surface area contributed by atoms with E-state index in [0.717, 1.165) is 41.9 Å². The summed E-state index contributed by atoms with van der Waals surface area (Å²) < 4.78 is 0.854. The molecule has 0 saturated carbocycles. The highest BCUT2D eigenvalue weighted by Crippen LogP contribution is 2.33. The van der Waals surface area contributed by atoms with Crippen LogP contribution in [-0.2, 0) is 22.6 Å². The number of hydrogen-bond donors (Lipinski definition) is 1. The van der Waals surface area contributed by atoms with Crippen LogP contribution < -0.4 is 10.2 Å². The largest absolute Gasteiger partial charge is 0.310 e. The molecule has 0 aliphatic carbocycles. The van der Waals surface area contributed by atoms with Crippen LogP contribution in [0.1, 0.15) is 23.9 Å². The maximum Gasteiger partial charge on any atom is 0.231 e. The Labute approximate surface area is 170 Å². The lowest BCUT2D eigenvalue weighted by Crippen LogP contribution is -2.29. The van der Waals surface area contributed by atoms with Crippen LogP contribution in [-0.4, -0.2) is 41.3 Å². The maximum atomic E-state index is 12.7. The zero-order chi connectivity index (χ0) is 19.0. The Morgan fingerprint density at radius 1 is 1.41 bits per heavy atom. The fourth-order valence-electron chi connectivity index (χ4n) is 3.57. The van der Waals surface area contributed by atoms with Gasteiger partial charge >= 0.3 is 0 Å². The number of halogens is 1. The number of nitrogens with zero attached hydrogens (tertiary/aromatic N) is 3. The molecule has 2 aliphatic heterocycles. The number of carbonyl (C=O) groups excluding carboxylic acids is 2. The Kier molecular flexibility index (Phi) is 5.29. The van der Waals surface area contributed by atoms with Crippen molar-refractivity contribution in [2.75, 3.05) is 29.9 Å². The van der Waals surface area contributed by atoms with E-state index in [9.17, 15) is 9.59 Å². The SMILES string of the molecule is CCN1CCc2nc(NC(=O)C3CC(=O)N(c4ccccc4Br)C3)sc2C1. The molecule has 2 amide bonds. The molecule has 1 saturated heterocycles. The van der Waals surface area contributed by atoms with Crippen LogP contribution in [0, 0.1) is 5.92 Å². The standard InChI is InChI=1S/C19H21BrN4O2S/c1-2-23-8-7-14-16(11-23)27-19(21-14)22-18(26)12-9-17(25)24(10-12)15-6-4-3-5-13(15)20/h3-6,12H,2,7-11H2,1H3,(H,21,22,26). The van der Waals surface area contributed by atoms with E-state index >= 15 is 0 Å². The molecule has 0 radical (unpaired) electrons. The summed E-state index contributed by atoms with van der Waals surface area (Å²) in [5.74, 6) is -0.520. The van der Waals surface area contributed by atoms with E-state index in [2.05, 4.69) is 38.1 Å². The van der Waals surface area contributed by atoms with Gasteiger partial charge in [0.25, 0.3) is 0 Å². The highest BCUT2D eigenvalue weighted by molar-refractivity contribution is 9.10. The number of benzene rings is 1. The number of hydrogen-bond acceptors (Lipinski definition) is 5. The Hall–Kier alpha value is -1.77. The first-order valence-electron chi connectivity index (χ1n) is 9.12. The van der Waals surface area contributed by atoms with Gasteiger partial charge in [0, 0.05) is 41.8 Å². The topological polar surface area (TPSA) is 65.5 Å². The van der Waals surface area contributed by atoms with Gasteiger partial charge in [-0.2, -0.15) is 0 Å². The molecule has 1 fully saturated rings. The van der Waals surface area contributed by atoms with E-state index in [1.165, 1.54) is 4.88 Å². The molecule has 0 spiro atoms. The third-order valence-electron chi connectivity index (χ3n) is 5.13. The lowest BCUT2D eigenvalue weighted by atomic mass is 10.1. The van der Waals surface area contributed by atoms with Crippen LogP contribution in [0.2, 0.25) is 0 Å². The molecule has 3 heterocycles. The molecule has 1 atom stereocenters. The van der Waals surface area contributed by atoms with Crippen molar-refractivity contribution in [3.63, 3.8) is 0 Å². The molecule has 4 rings (SSSR count). The van der Waals surface area contributed by atoms with Gasteiger partial charge < -0.3 is 10.2 Å². The van der Waals surface area contributed by atoms with Crippen molar-refractivity contribution in [2.24, 2.45) is 5.92 Å². The summed E-state index contributed by atoms with van der Waals surface area (Å²) in [4.78, 5) is 35.0. The average molecular weight is 449 g/mol. The van der Waals surface area contributed by atoms with Gasteiger partial charge in [0.1, 0.15) is 0 Å². The number of nitrogens with one attached hydrogen (secondary N) is 1. The monoisotopic (exact) mass is 448 g/mol. The van der Waals surface area contributed by atoms with Gasteiger partial charge in [0.05, 0.1) is 17.3 Å². The van der Waals surface area contributed by atoms with Gasteiger partial charge in [0.15, 0.2) is 5.13 Å². The van der Waals surface area contributed by atoms with Crippen LogP contribution in [0.3, 0.4) is 0 Å². The highest BCUT2D eigenvalue weighted by atomic mass is 79.9. The fourth-order valence-corrected chi connectivity index (χ4v) is 5.12. The number of para-hydroxylation sites is 1. The first-order chi connectivity index (χ1) is 13.0. The smallest absolute Gasteiger partial charge is 0.231 e. The fraction of sp³-hybridized carbons (Fsp3) is 0.421. The summed E-state index contributed by atoms with van der Waals surface area (Å²) >= 11 is 5.03. The molecular formula is C19H21BrN4O2S. The van der Waals surface area contributed by atoms with Gasteiger partial charge in [-0.3, -0.25) is 14.5 Å². The van der Waals surface area contributed by atoms with E-state index in [-0.39, 0.29) is 24.2 Å². The summed E-state index contributed by atoms with van der Waals surface area (Å²) in [6.07, 6.45) is 1.15. The second kappa shape index (κ2) is 7.69. The van der Waals surface area contributed by atoms with Crippen LogP contribution >= 0.6 is 27.3 Å². The van der Waals surface area contributed by atoms with E-state index in [4.69, 9.17) is 0 Å². The summed E-state index contributed by atoms with van der Waals surface area (Å²) in [5.41, 5.74) is 1.90. The van der Waals surface area contributed by atoms with Gasteiger partial charge in [-0.15, -0.1) is 11.3 Å². The third kappa shape index (κ3) is 3.79. The Morgan fingerprint density at radius 3 is 3.00 bits per heavy atom. The van der Waals surface area contributed by atoms with Crippen LogP contribution in [0.25, 0.3) is 0 Å². The molecule has 6 nitrogen and oxygen atoms in total. The first-order valence-corrected chi connectivity index (χ1v) is 10.7. The summed E-state index contributed by atoms with van der Waals surface area (Å²) in [6, 6.07) is 7.58. The quantitative estimate of drug-likeness (QED) is 0.778. The van der Waals surface area contributed by atoms with E-state index in [0.29, 0.717) is 11.7 Å². The second-order valence-corrected chi connectivity index (χ2v) is 8.79. The lowest BCUT2D eigenvalue weighted by Gasteiger charge is -2.23. The number of amides is 2. The normalized spacial score (nSPS) is 20.0. The summed E-state index contributed by atoms with van der Waals surface area (Å²) in [7, 11) is 0. The van der Waals surface area contributed by atoms with Crippen molar-refractivity contribution in [3.05, 3.63) is 39.3 Å². The molecular weight excluding hydrogens is 428 g/mol. The molecule has 142 valence electrons. The molecule has 1 aromatic carbocycles. The van der Waals surface area contributed by atoms with E-state index in [1.54, 1.807) is 16.2 Å². The maximum absolute atomic E-state index is 12.7. The van der Waals surface area contributed by atoms with E-state index < -0.39 is 0 Å². The molecule has 0 bridgehead atoms. The number of thiazole rings is 1. The zero-order valence-corrected chi connectivity index (χ0v) is 17.5. The van der Waals surface area contributed by atoms with Crippen LogP contribution in [0.4, 0.5) is 10.8 Å². The van der Waals surface area contributed by atoms with Crippen molar-refractivity contribution >= 4 is 49.9 Å². The predicted octanol–water partition coefficient (Wildman–Crippen LogP) is 3.28. The Bertz CT molecular complexity index is 884. The van der Waals surface area contributed by atoms with Crippen LogP contribution in [0.5, 0.6) is 0 Å². The van der Waals surface area contributed by atoms with Gasteiger partial charge in [0.2, 0.25) is 11.8 Å². The molecule has 2 aliphatic rings. The minimum absolute atomic E-state index is 0.0286. The molecule has 1 unspecified atom stereocenters. The second-order valence-electron chi connectivity index (χ2n) is 6.85. The predicted molar refractivity (Wildman–Crippen MR) is 110 cm³/mol. The highest BCUT2D eigenvalue weighted by Gasteiger charge is 2.36. The van der Waals surface area contributed by atoms with Crippen molar-refractivity contribution in [2.45, 2.75) is 26.3 Å². The van der Waals surface area contributed by atoms with Crippen molar-refractivity contribution < 1.29 is 9.59 Å². The average Bonchev–Trinajstić information content (AvgIpc) is 3.24. The zero-order valence-electron chi connectivity index (χ0n) is 15.1. The molecule has 8 heteroatoms. The summed E-state index contributed by atoms with van der Waals surface area (Å²) in [5, 5.41) is 3.59. The van der Waals surface area contributed by atoms with Crippen molar-refractivity contribution in [1.82, 2.24) is 9.88 Å². The van der Waals surface area contributed by atoms with Crippen molar-refractivity contribution in [1.29, 1.82) is 0 Å². The molecule has 1 aromatic heterocycles. The third-order valence-corrected chi connectivity index (χ3v) is 6.80. The molecule has 1 N–H and O–H groups in total. The number of fused-ring (bicyclic) bond motifs is 1. The lowest BCUT2D eigenvalue weighted by molar-refractivity contribution is -0.122. The van der Waals surface area contributed by atoms with Gasteiger partial charge in [-0.1, -0.05) is 19.1 Å². The number of carbonyl (C=O) groups is 2. The van der Waals surface area contributed by atoms with Gasteiger partial charge in [-0.25, -0.2) is 4.98 Å². The number of likely N-dealkylation sites (N-methyl/N-ethyl adjacent to an activating group) is 1.